The number of halogens is 2. The van der Waals surface area contributed by atoms with Crippen LogP contribution < -0.4 is 5.32 Å². The number of aryl methyl sites for hydroxylation is 1. The molecule has 0 atom stereocenters. The van der Waals surface area contributed by atoms with Crippen molar-refractivity contribution in [1.82, 2.24) is 9.78 Å². The monoisotopic (exact) mass is 405 g/mol. The number of hydrogen-bond donors (Lipinski definition) is 1. The minimum atomic E-state index is -0.281. The Labute approximate surface area is 166 Å². The first-order valence-electron chi connectivity index (χ1n) is 7.91. The van der Waals surface area contributed by atoms with Crippen LogP contribution in [0.15, 0.2) is 53.4 Å². The third-order valence-electron chi connectivity index (χ3n) is 3.90. The zero-order valence-electron chi connectivity index (χ0n) is 14.3. The number of amides is 1. The molecule has 0 fully saturated rings. The highest BCUT2D eigenvalue weighted by Gasteiger charge is 2.21. The number of carbonyl (C=O) groups is 1. The fourth-order valence-electron chi connectivity index (χ4n) is 2.60. The van der Waals surface area contributed by atoms with E-state index in [1.54, 1.807) is 23.4 Å². The summed E-state index contributed by atoms with van der Waals surface area (Å²) in [7, 11) is 0. The molecule has 7 heteroatoms. The van der Waals surface area contributed by atoms with Crippen molar-refractivity contribution in [3.63, 3.8) is 0 Å². The van der Waals surface area contributed by atoms with Crippen LogP contribution in [0.5, 0.6) is 0 Å². The zero-order valence-corrected chi connectivity index (χ0v) is 16.6. The van der Waals surface area contributed by atoms with Crippen LogP contribution in [0.4, 0.5) is 5.69 Å². The van der Waals surface area contributed by atoms with E-state index in [1.165, 1.54) is 0 Å². The van der Waals surface area contributed by atoms with Crippen LogP contribution in [0, 0.1) is 6.92 Å². The molecule has 0 saturated heterocycles. The quantitative estimate of drug-likeness (QED) is 0.568. The Morgan fingerprint density at radius 3 is 2.69 bits per heavy atom. The number of thioether (sulfide) groups is 1. The van der Waals surface area contributed by atoms with Gasteiger partial charge in [0.15, 0.2) is 0 Å². The highest BCUT2D eigenvalue weighted by Crippen LogP contribution is 2.25. The van der Waals surface area contributed by atoms with Gasteiger partial charge in [-0.15, -0.1) is 11.8 Å². The number of hydrogen-bond acceptors (Lipinski definition) is 3. The highest BCUT2D eigenvalue weighted by molar-refractivity contribution is 7.98. The summed E-state index contributed by atoms with van der Waals surface area (Å²) in [6.45, 7) is 2.16. The fourth-order valence-corrected chi connectivity index (χ4v) is 3.57. The molecule has 0 saturated carbocycles. The molecule has 0 aliphatic rings. The van der Waals surface area contributed by atoms with E-state index >= 15 is 0 Å². The highest BCUT2D eigenvalue weighted by atomic mass is 35.5. The van der Waals surface area contributed by atoms with Gasteiger partial charge in [0.25, 0.3) is 5.91 Å². The maximum atomic E-state index is 12.7. The van der Waals surface area contributed by atoms with E-state index in [9.17, 15) is 4.79 Å². The van der Waals surface area contributed by atoms with Crippen molar-refractivity contribution >= 4 is 46.6 Å². The largest absolute Gasteiger partial charge is 0.322 e. The first kappa shape index (κ1) is 18.8. The second-order valence-corrected chi connectivity index (χ2v) is 7.33. The topological polar surface area (TPSA) is 46.9 Å². The minimum absolute atomic E-state index is 0.281. The van der Waals surface area contributed by atoms with Crippen molar-refractivity contribution in [2.45, 2.75) is 18.4 Å². The number of carbonyl (C=O) groups excluding carboxylic acids is 1. The van der Waals surface area contributed by atoms with Gasteiger partial charge in [0.2, 0.25) is 0 Å². The van der Waals surface area contributed by atoms with Crippen molar-refractivity contribution in [2.24, 2.45) is 0 Å². The van der Waals surface area contributed by atoms with Gasteiger partial charge in [-0.2, -0.15) is 5.10 Å². The van der Waals surface area contributed by atoms with Crippen molar-refractivity contribution in [3.05, 3.63) is 75.5 Å². The molecule has 3 aromatic rings. The maximum Gasteiger partial charge on any atom is 0.260 e. The molecular weight excluding hydrogens is 389 g/mol. The molecule has 4 nitrogen and oxygen atoms in total. The third kappa shape index (κ3) is 4.06. The number of nitrogens with one attached hydrogen (secondary N) is 1. The van der Waals surface area contributed by atoms with E-state index in [-0.39, 0.29) is 5.91 Å². The summed E-state index contributed by atoms with van der Waals surface area (Å²) in [5.41, 5.74) is 2.54. The summed E-state index contributed by atoms with van der Waals surface area (Å²) in [4.78, 5) is 13.8. The molecule has 0 spiro atoms. The van der Waals surface area contributed by atoms with Crippen LogP contribution in [0.1, 0.15) is 21.6 Å². The van der Waals surface area contributed by atoms with Gasteiger partial charge in [-0.05, 0) is 43.0 Å². The number of anilines is 1. The molecule has 0 radical (unpaired) electrons. The maximum absolute atomic E-state index is 12.7. The van der Waals surface area contributed by atoms with E-state index in [0.717, 1.165) is 16.1 Å². The van der Waals surface area contributed by atoms with Crippen molar-refractivity contribution < 1.29 is 4.79 Å². The fraction of sp³-hybridized carbons (Fsp3) is 0.158. The van der Waals surface area contributed by atoms with Gasteiger partial charge in [0.05, 0.1) is 17.8 Å². The van der Waals surface area contributed by atoms with Crippen molar-refractivity contribution in [2.75, 3.05) is 11.6 Å². The van der Waals surface area contributed by atoms with E-state index < -0.39 is 0 Å². The van der Waals surface area contributed by atoms with Crippen LogP contribution >= 0.6 is 35.0 Å². The summed E-state index contributed by atoms with van der Waals surface area (Å²) in [5.74, 6) is -0.281. The molecule has 1 N–H and O–H groups in total. The number of rotatable bonds is 5. The average molecular weight is 406 g/mol. The second kappa shape index (κ2) is 8.16. The molecule has 1 aromatic heterocycles. The first-order valence-corrected chi connectivity index (χ1v) is 9.89. The Bertz CT molecular complexity index is 956. The van der Waals surface area contributed by atoms with Crippen LogP contribution in [-0.2, 0) is 6.54 Å². The SMILES string of the molecule is CSc1cccc(NC(=O)c2c(C)nn(Cc3ccccc3Cl)c2Cl)c1. The molecule has 2 aromatic carbocycles. The lowest BCUT2D eigenvalue weighted by atomic mass is 10.2. The Morgan fingerprint density at radius 1 is 1.19 bits per heavy atom. The Morgan fingerprint density at radius 2 is 1.96 bits per heavy atom. The average Bonchev–Trinajstić information content (AvgIpc) is 2.90. The van der Waals surface area contributed by atoms with Gasteiger partial charge in [-0.3, -0.25) is 4.79 Å². The lowest BCUT2D eigenvalue weighted by Gasteiger charge is -2.07. The second-order valence-electron chi connectivity index (χ2n) is 5.69. The summed E-state index contributed by atoms with van der Waals surface area (Å²) in [6, 6.07) is 15.1. The molecule has 3 rings (SSSR count). The number of nitrogens with zero attached hydrogens (tertiary/aromatic N) is 2. The molecule has 26 heavy (non-hydrogen) atoms. The standard InChI is InChI=1S/C19H17Cl2N3OS/c1-12-17(19(25)22-14-7-5-8-15(10-14)26-2)18(21)24(23-12)11-13-6-3-4-9-16(13)20/h3-10H,11H2,1-2H3,(H,22,25). The van der Waals surface area contributed by atoms with Crippen LogP contribution in [-0.4, -0.2) is 21.9 Å². The Kier molecular flexibility index (Phi) is 5.91. The van der Waals surface area contributed by atoms with E-state index in [0.29, 0.717) is 28.0 Å². The summed E-state index contributed by atoms with van der Waals surface area (Å²) >= 11 is 14.3. The van der Waals surface area contributed by atoms with Crippen LogP contribution in [0.3, 0.4) is 0 Å². The molecule has 0 unspecified atom stereocenters. The van der Waals surface area contributed by atoms with Crippen LogP contribution in [0.2, 0.25) is 10.2 Å². The smallest absolute Gasteiger partial charge is 0.260 e. The summed E-state index contributed by atoms with van der Waals surface area (Å²) in [5, 5.41) is 8.22. The minimum Gasteiger partial charge on any atom is -0.322 e. The van der Waals surface area contributed by atoms with Gasteiger partial charge in [-0.25, -0.2) is 4.68 Å². The van der Waals surface area contributed by atoms with Gasteiger partial charge >= 0.3 is 0 Å². The van der Waals surface area contributed by atoms with E-state index in [4.69, 9.17) is 23.2 Å². The molecule has 0 bridgehead atoms. The number of benzene rings is 2. The van der Waals surface area contributed by atoms with Gasteiger partial charge in [-0.1, -0.05) is 47.5 Å². The number of aromatic nitrogens is 2. The lowest BCUT2D eigenvalue weighted by molar-refractivity contribution is 0.102. The van der Waals surface area contributed by atoms with Gasteiger partial charge in [0.1, 0.15) is 5.15 Å². The predicted molar refractivity (Wildman–Crippen MR) is 109 cm³/mol. The molecule has 134 valence electrons. The normalized spacial score (nSPS) is 10.8. The Hall–Kier alpha value is -1.95. The molecule has 1 heterocycles. The van der Waals surface area contributed by atoms with E-state index in [1.807, 2.05) is 54.8 Å². The predicted octanol–water partition coefficient (Wildman–Crippen LogP) is 5.52. The van der Waals surface area contributed by atoms with Crippen molar-refractivity contribution in [3.8, 4) is 0 Å². The lowest BCUT2D eigenvalue weighted by Crippen LogP contribution is -2.13. The first-order chi connectivity index (χ1) is 12.5. The van der Waals surface area contributed by atoms with Crippen LogP contribution in [0.25, 0.3) is 0 Å². The Balaban J connectivity index is 1.85. The summed E-state index contributed by atoms with van der Waals surface area (Å²) < 4.78 is 1.59. The zero-order chi connectivity index (χ0) is 18.7. The van der Waals surface area contributed by atoms with Gasteiger partial charge in [0, 0.05) is 15.6 Å². The van der Waals surface area contributed by atoms with Gasteiger partial charge < -0.3 is 5.32 Å². The third-order valence-corrected chi connectivity index (χ3v) is 5.38. The molecule has 0 aliphatic heterocycles. The molecule has 1 amide bonds. The molecular formula is C19H17Cl2N3OS. The van der Waals surface area contributed by atoms with Crippen molar-refractivity contribution in [1.29, 1.82) is 0 Å². The summed E-state index contributed by atoms with van der Waals surface area (Å²) in [6.07, 6.45) is 1.99. The molecule has 0 aliphatic carbocycles. The van der Waals surface area contributed by atoms with E-state index in [2.05, 4.69) is 10.4 Å².